The molecule has 2 aliphatic rings. The number of allylic oxidation sites excluding steroid dienone is 1. The Kier molecular flexibility index (Phi) is 6.54. The van der Waals surface area contributed by atoms with Crippen LogP contribution in [0.4, 0.5) is 30.2 Å². The zero-order chi connectivity index (χ0) is 22.8. The van der Waals surface area contributed by atoms with E-state index in [9.17, 15) is 21.6 Å². The molecule has 0 radical (unpaired) electrons. The Bertz CT molecular complexity index is 1110. The molecular formula is C22H25F3N2O3S. The SMILES string of the molecule is CC.Cc1ccc(Nc2c(F)c(F)cc3c2NS(=O)(=O)C2(C/C=C/CO3)CC2)c(F)c1. The van der Waals surface area contributed by atoms with Gasteiger partial charge in [0.2, 0.25) is 10.0 Å². The normalized spacial score (nSPS) is 19.0. The first kappa shape index (κ1) is 23.0. The second-order valence-corrected chi connectivity index (χ2v) is 9.38. The van der Waals surface area contributed by atoms with Gasteiger partial charge in [0, 0.05) is 6.07 Å². The van der Waals surface area contributed by atoms with Crippen molar-refractivity contribution in [3.63, 3.8) is 0 Å². The Labute approximate surface area is 180 Å². The summed E-state index contributed by atoms with van der Waals surface area (Å²) in [5, 5.41) is 2.49. The average molecular weight is 455 g/mol. The van der Waals surface area contributed by atoms with Gasteiger partial charge in [0.05, 0.1) is 10.4 Å². The summed E-state index contributed by atoms with van der Waals surface area (Å²) in [5.41, 5.74) is -0.306. The highest BCUT2D eigenvalue weighted by atomic mass is 32.2. The van der Waals surface area contributed by atoms with Crippen LogP contribution in [0.3, 0.4) is 0 Å². The molecule has 1 fully saturated rings. The maximum absolute atomic E-state index is 14.7. The van der Waals surface area contributed by atoms with E-state index in [1.165, 1.54) is 12.1 Å². The fourth-order valence-corrected chi connectivity index (χ4v) is 4.90. The minimum Gasteiger partial charge on any atom is -0.487 e. The summed E-state index contributed by atoms with van der Waals surface area (Å²) in [5.74, 6) is -3.47. The topological polar surface area (TPSA) is 67.4 Å². The van der Waals surface area contributed by atoms with Crippen LogP contribution in [0.25, 0.3) is 0 Å². The fourth-order valence-electron chi connectivity index (χ4n) is 3.26. The third-order valence-electron chi connectivity index (χ3n) is 5.17. The number of aryl methyl sites for hydroxylation is 1. The summed E-state index contributed by atoms with van der Waals surface area (Å²) < 4.78 is 76.0. The zero-order valence-corrected chi connectivity index (χ0v) is 18.4. The molecule has 0 amide bonds. The van der Waals surface area contributed by atoms with Gasteiger partial charge >= 0.3 is 0 Å². The highest BCUT2D eigenvalue weighted by molar-refractivity contribution is 7.94. The summed E-state index contributed by atoms with van der Waals surface area (Å²) in [4.78, 5) is 0. The van der Waals surface area contributed by atoms with Crippen LogP contribution in [0.1, 0.15) is 38.7 Å². The number of nitrogens with one attached hydrogen (secondary N) is 2. The van der Waals surface area contributed by atoms with E-state index in [1.54, 1.807) is 25.1 Å². The van der Waals surface area contributed by atoms with Gasteiger partial charge in [-0.2, -0.15) is 0 Å². The van der Waals surface area contributed by atoms with Gasteiger partial charge in [0.1, 0.15) is 29.5 Å². The number of rotatable bonds is 2. The lowest BCUT2D eigenvalue weighted by atomic mass is 10.2. The lowest BCUT2D eigenvalue weighted by Gasteiger charge is -2.23. The van der Waals surface area contributed by atoms with Gasteiger partial charge in [-0.3, -0.25) is 4.72 Å². The van der Waals surface area contributed by atoms with E-state index in [0.717, 1.165) is 6.07 Å². The van der Waals surface area contributed by atoms with E-state index in [2.05, 4.69) is 10.0 Å². The number of hydrogen-bond donors (Lipinski definition) is 2. The highest BCUT2D eigenvalue weighted by Crippen LogP contribution is 2.49. The minimum atomic E-state index is -3.93. The van der Waals surface area contributed by atoms with E-state index in [-0.39, 0.29) is 23.7 Å². The molecule has 1 aliphatic carbocycles. The van der Waals surface area contributed by atoms with Gasteiger partial charge in [-0.15, -0.1) is 0 Å². The van der Waals surface area contributed by atoms with Gasteiger partial charge < -0.3 is 10.1 Å². The Morgan fingerprint density at radius 3 is 2.42 bits per heavy atom. The van der Waals surface area contributed by atoms with Crippen LogP contribution in [0, 0.1) is 24.4 Å². The number of benzene rings is 2. The predicted molar refractivity (Wildman–Crippen MR) is 116 cm³/mol. The molecule has 1 spiro atoms. The molecule has 168 valence electrons. The molecule has 2 aromatic rings. The van der Waals surface area contributed by atoms with Crippen molar-refractivity contribution in [2.24, 2.45) is 0 Å². The first-order valence-corrected chi connectivity index (χ1v) is 11.6. The van der Waals surface area contributed by atoms with Crippen LogP contribution in [-0.4, -0.2) is 19.8 Å². The maximum Gasteiger partial charge on any atom is 0.238 e. The second kappa shape index (κ2) is 8.82. The van der Waals surface area contributed by atoms with Crippen molar-refractivity contribution in [2.75, 3.05) is 16.6 Å². The first-order valence-electron chi connectivity index (χ1n) is 10.1. The quantitative estimate of drug-likeness (QED) is 0.563. The van der Waals surface area contributed by atoms with Crippen molar-refractivity contribution in [1.29, 1.82) is 0 Å². The predicted octanol–water partition coefficient (Wildman–Crippen LogP) is 5.80. The van der Waals surface area contributed by atoms with Crippen LogP contribution in [0.2, 0.25) is 0 Å². The van der Waals surface area contributed by atoms with E-state index >= 15 is 0 Å². The van der Waals surface area contributed by atoms with E-state index < -0.39 is 37.9 Å². The molecule has 2 aromatic carbocycles. The number of halogens is 3. The molecule has 5 nitrogen and oxygen atoms in total. The molecule has 1 aliphatic heterocycles. The third-order valence-corrected chi connectivity index (χ3v) is 7.36. The molecule has 0 bridgehead atoms. The summed E-state index contributed by atoms with van der Waals surface area (Å²) in [6.45, 7) is 5.73. The summed E-state index contributed by atoms with van der Waals surface area (Å²) in [6, 6.07) is 4.95. The number of ether oxygens (including phenoxy) is 1. The van der Waals surface area contributed by atoms with Crippen LogP contribution < -0.4 is 14.8 Å². The molecule has 0 aromatic heterocycles. The molecule has 0 saturated heterocycles. The molecule has 31 heavy (non-hydrogen) atoms. The lowest BCUT2D eigenvalue weighted by molar-refractivity contribution is 0.360. The van der Waals surface area contributed by atoms with Gasteiger partial charge in [0.25, 0.3) is 0 Å². The van der Waals surface area contributed by atoms with Gasteiger partial charge in [0.15, 0.2) is 11.6 Å². The molecular weight excluding hydrogens is 429 g/mol. The summed E-state index contributed by atoms with van der Waals surface area (Å²) in [7, 11) is -3.93. The van der Waals surface area contributed by atoms with Crippen molar-refractivity contribution < 1.29 is 26.3 Å². The van der Waals surface area contributed by atoms with Gasteiger partial charge in [-0.25, -0.2) is 21.6 Å². The molecule has 1 saturated carbocycles. The van der Waals surface area contributed by atoms with Gasteiger partial charge in [-0.1, -0.05) is 32.1 Å². The van der Waals surface area contributed by atoms with Crippen molar-refractivity contribution in [3.05, 3.63) is 59.4 Å². The smallest absolute Gasteiger partial charge is 0.238 e. The molecule has 0 atom stereocenters. The largest absolute Gasteiger partial charge is 0.487 e. The standard InChI is InChI=1S/C20H19F3N2O3S.C2H6/c1-12-4-5-15(13(21)10-12)24-19-17(23)14(22)11-16-18(19)25-29(26,27)20(7-8-20)6-2-3-9-28-16;1-2/h2-5,10-11,24-25H,6-9H2,1H3;1-2H3/b3-2+;. The molecule has 4 rings (SSSR count). The second-order valence-electron chi connectivity index (χ2n) is 7.30. The Balaban J connectivity index is 0.00000132. The lowest BCUT2D eigenvalue weighted by Crippen LogP contribution is -2.30. The first-order chi connectivity index (χ1) is 14.7. The zero-order valence-electron chi connectivity index (χ0n) is 17.6. The number of sulfonamides is 1. The van der Waals surface area contributed by atoms with Crippen LogP contribution in [0.15, 0.2) is 36.4 Å². The molecule has 1 heterocycles. The Hall–Kier alpha value is -2.68. The van der Waals surface area contributed by atoms with Crippen LogP contribution in [-0.2, 0) is 10.0 Å². The average Bonchev–Trinajstić information content (AvgIpc) is 3.52. The van der Waals surface area contributed by atoms with Crippen molar-refractivity contribution >= 4 is 27.1 Å². The maximum atomic E-state index is 14.7. The van der Waals surface area contributed by atoms with Crippen molar-refractivity contribution in [1.82, 2.24) is 0 Å². The van der Waals surface area contributed by atoms with Crippen LogP contribution in [0.5, 0.6) is 5.75 Å². The summed E-state index contributed by atoms with van der Waals surface area (Å²) >= 11 is 0. The molecule has 0 unspecified atom stereocenters. The van der Waals surface area contributed by atoms with E-state index in [1.807, 2.05) is 13.8 Å². The van der Waals surface area contributed by atoms with Gasteiger partial charge in [-0.05, 0) is 43.9 Å². The van der Waals surface area contributed by atoms with E-state index in [4.69, 9.17) is 4.74 Å². The Morgan fingerprint density at radius 1 is 1.06 bits per heavy atom. The summed E-state index contributed by atoms with van der Waals surface area (Å²) in [6.07, 6.45) is 4.56. The monoisotopic (exact) mass is 454 g/mol. The Morgan fingerprint density at radius 2 is 1.77 bits per heavy atom. The van der Waals surface area contributed by atoms with Crippen molar-refractivity contribution in [2.45, 2.75) is 44.8 Å². The number of anilines is 3. The van der Waals surface area contributed by atoms with Crippen LogP contribution >= 0.6 is 0 Å². The number of hydrogen-bond acceptors (Lipinski definition) is 4. The van der Waals surface area contributed by atoms with E-state index in [0.29, 0.717) is 24.8 Å². The number of fused-ring (bicyclic) bond motifs is 1. The molecule has 9 heteroatoms. The third kappa shape index (κ3) is 4.51. The van der Waals surface area contributed by atoms with Crippen molar-refractivity contribution in [3.8, 4) is 5.75 Å². The minimum absolute atomic E-state index is 0.0498. The fraction of sp³-hybridized carbons (Fsp3) is 0.364. The highest BCUT2D eigenvalue weighted by Gasteiger charge is 2.54. The molecule has 2 N–H and O–H groups in total.